The number of nitrogens with zero attached hydrogens (tertiary/aromatic N) is 3. The van der Waals surface area contributed by atoms with Gasteiger partial charge in [-0.2, -0.15) is 5.10 Å². The summed E-state index contributed by atoms with van der Waals surface area (Å²) in [6.07, 6.45) is 4.65. The molecule has 0 spiro atoms. The number of pyridine rings is 1. The third kappa shape index (κ3) is 6.06. The SMILES string of the molecule is CC1(C)[C@@H](CC(=O)NCC(=O)OCc2ccccc2)C[C@@H]1c1cc(-c2cccnc2)nn1-c1ccc(Cl)c(Cl)c1. The molecule has 1 fully saturated rings. The summed E-state index contributed by atoms with van der Waals surface area (Å²) in [6.45, 7) is 4.37. The van der Waals surface area contributed by atoms with Crippen molar-refractivity contribution < 1.29 is 14.3 Å². The number of aromatic nitrogens is 3. The van der Waals surface area contributed by atoms with Crippen molar-refractivity contribution in [3.05, 3.63) is 100 Å². The van der Waals surface area contributed by atoms with Gasteiger partial charge in [-0.15, -0.1) is 0 Å². The number of halogens is 2. The average Bonchev–Trinajstić information content (AvgIpc) is 3.39. The van der Waals surface area contributed by atoms with Crippen molar-refractivity contribution in [2.45, 2.75) is 39.2 Å². The Morgan fingerprint density at radius 2 is 1.85 bits per heavy atom. The van der Waals surface area contributed by atoms with Gasteiger partial charge in [-0.05, 0) is 59.7 Å². The Bertz CT molecular complexity index is 1510. The highest BCUT2D eigenvalue weighted by molar-refractivity contribution is 6.42. The monoisotopic (exact) mass is 576 g/mol. The van der Waals surface area contributed by atoms with E-state index in [1.807, 2.05) is 53.2 Å². The predicted molar refractivity (Wildman–Crippen MR) is 155 cm³/mol. The van der Waals surface area contributed by atoms with Crippen LogP contribution in [0.25, 0.3) is 16.9 Å². The minimum atomic E-state index is -0.462. The van der Waals surface area contributed by atoms with Crippen LogP contribution in [-0.4, -0.2) is 33.2 Å². The molecule has 2 aromatic carbocycles. The lowest BCUT2D eigenvalue weighted by atomic mass is 9.52. The van der Waals surface area contributed by atoms with Crippen molar-refractivity contribution in [3.8, 4) is 16.9 Å². The number of amides is 1. The predicted octanol–water partition coefficient (Wildman–Crippen LogP) is 6.62. The smallest absolute Gasteiger partial charge is 0.325 e. The highest BCUT2D eigenvalue weighted by Gasteiger charge is 2.50. The fraction of sp³-hybridized carbons (Fsp3) is 0.290. The van der Waals surface area contributed by atoms with Gasteiger partial charge in [0.2, 0.25) is 5.91 Å². The summed E-state index contributed by atoms with van der Waals surface area (Å²) in [5.41, 5.74) is 4.27. The Morgan fingerprint density at radius 3 is 2.55 bits per heavy atom. The lowest BCUT2D eigenvalue weighted by Gasteiger charge is -2.52. The Kier molecular flexibility index (Phi) is 8.24. The first-order valence-corrected chi connectivity index (χ1v) is 13.9. The molecular formula is C31H30Cl2N4O3. The summed E-state index contributed by atoms with van der Waals surface area (Å²) in [5, 5.41) is 8.56. The lowest BCUT2D eigenvalue weighted by Crippen LogP contribution is -2.46. The summed E-state index contributed by atoms with van der Waals surface area (Å²) in [7, 11) is 0. The standard InChI is InChI=1S/C31H30Cl2N4O3/c1-31(2)22(14-29(38)35-18-30(39)40-19-20-7-4-3-5-8-20)13-24(31)28-16-27(21-9-6-12-34-17-21)36-37(28)23-10-11-25(32)26(33)15-23/h3-12,15-17,22,24H,13-14,18-19H2,1-2H3,(H,35,38)/t22-,24-/m1/s1. The normalized spacial score (nSPS) is 17.6. The van der Waals surface area contributed by atoms with E-state index >= 15 is 0 Å². The van der Waals surface area contributed by atoms with Crippen molar-refractivity contribution in [3.63, 3.8) is 0 Å². The Morgan fingerprint density at radius 1 is 1.05 bits per heavy atom. The maximum atomic E-state index is 12.7. The van der Waals surface area contributed by atoms with E-state index in [-0.39, 0.29) is 36.3 Å². The topological polar surface area (TPSA) is 86.1 Å². The van der Waals surface area contributed by atoms with Gasteiger partial charge in [-0.3, -0.25) is 14.6 Å². The van der Waals surface area contributed by atoms with Crippen LogP contribution in [0, 0.1) is 11.3 Å². The van der Waals surface area contributed by atoms with Gasteiger partial charge >= 0.3 is 5.97 Å². The number of carbonyl (C=O) groups excluding carboxylic acids is 2. The zero-order valence-electron chi connectivity index (χ0n) is 22.3. The van der Waals surface area contributed by atoms with E-state index in [0.717, 1.165) is 34.6 Å². The maximum Gasteiger partial charge on any atom is 0.325 e. The maximum absolute atomic E-state index is 12.7. The van der Waals surface area contributed by atoms with Crippen LogP contribution >= 0.6 is 23.2 Å². The molecule has 2 atom stereocenters. The molecule has 0 unspecified atom stereocenters. The molecule has 5 rings (SSSR count). The van der Waals surface area contributed by atoms with Gasteiger partial charge in [0.25, 0.3) is 0 Å². The third-order valence-corrected chi connectivity index (χ3v) is 8.51. The van der Waals surface area contributed by atoms with Gasteiger partial charge in [0.15, 0.2) is 0 Å². The fourth-order valence-electron chi connectivity index (χ4n) is 5.24. The van der Waals surface area contributed by atoms with Gasteiger partial charge in [0, 0.05) is 36.0 Å². The zero-order chi connectivity index (χ0) is 28.3. The molecule has 0 aliphatic heterocycles. The quantitative estimate of drug-likeness (QED) is 0.226. The largest absolute Gasteiger partial charge is 0.460 e. The molecule has 1 N–H and O–H groups in total. The lowest BCUT2D eigenvalue weighted by molar-refractivity contribution is -0.145. The first kappa shape index (κ1) is 27.9. The van der Waals surface area contributed by atoms with Crippen LogP contribution in [0.3, 0.4) is 0 Å². The number of ether oxygens (including phenoxy) is 1. The number of rotatable bonds is 9. The van der Waals surface area contributed by atoms with Crippen LogP contribution in [0.15, 0.2) is 79.1 Å². The van der Waals surface area contributed by atoms with Crippen molar-refractivity contribution in [1.82, 2.24) is 20.1 Å². The molecule has 1 amide bonds. The van der Waals surface area contributed by atoms with Crippen LogP contribution in [0.4, 0.5) is 0 Å². The van der Waals surface area contributed by atoms with Crippen LogP contribution in [0.5, 0.6) is 0 Å². The van der Waals surface area contributed by atoms with Crippen LogP contribution in [-0.2, 0) is 20.9 Å². The molecule has 0 radical (unpaired) electrons. The summed E-state index contributed by atoms with van der Waals surface area (Å²) in [4.78, 5) is 29.1. The van der Waals surface area contributed by atoms with Gasteiger partial charge in [0.05, 0.1) is 21.4 Å². The van der Waals surface area contributed by atoms with Crippen LogP contribution < -0.4 is 5.32 Å². The Hall–Kier alpha value is -3.68. The second kappa shape index (κ2) is 11.8. The number of carbonyl (C=O) groups is 2. The van der Waals surface area contributed by atoms with E-state index in [4.69, 9.17) is 33.0 Å². The van der Waals surface area contributed by atoms with E-state index in [0.29, 0.717) is 16.5 Å². The minimum absolute atomic E-state index is 0.136. The molecule has 0 bridgehead atoms. The van der Waals surface area contributed by atoms with E-state index in [1.54, 1.807) is 24.5 Å². The van der Waals surface area contributed by atoms with Gasteiger partial charge in [0.1, 0.15) is 13.2 Å². The molecule has 1 aliphatic rings. The Labute approximate surface area is 243 Å². The van der Waals surface area contributed by atoms with Crippen molar-refractivity contribution in [2.75, 3.05) is 6.54 Å². The van der Waals surface area contributed by atoms with E-state index in [1.165, 1.54) is 0 Å². The summed E-state index contributed by atoms with van der Waals surface area (Å²) in [5.74, 6) is -0.344. The van der Waals surface area contributed by atoms with E-state index in [2.05, 4.69) is 30.2 Å². The molecule has 1 aliphatic carbocycles. The molecule has 4 aromatic rings. The van der Waals surface area contributed by atoms with Gasteiger partial charge < -0.3 is 10.1 Å². The van der Waals surface area contributed by atoms with Crippen molar-refractivity contribution in [2.24, 2.45) is 11.3 Å². The summed E-state index contributed by atoms with van der Waals surface area (Å²) in [6, 6.07) is 20.8. The van der Waals surface area contributed by atoms with Crippen molar-refractivity contribution >= 4 is 35.1 Å². The molecule has 0 saturated heterocycles. The molecule has 40 heavy (non-hydrogen) atoms. The zero-order valence-corrected chi connectivity index (χ0v) is 23.8. The van der Waals surface area contributed by atoms with E-state index < -0.39 is 5.97 Å². The number of esters is 1. The summed E-state index contributed by atoms with van der Waals surface area (Å²) < 4.78 is 7.18. The number of hydrogen-bond acceptors (Lipinski definition) is 5. The first-order chi connectivity index (χ1) is 19.2. The fourth-order valence-corrected chi connectivity index (χ4v) is 5.54. The molecule has 9 heteroatoms. The average molecular weight is 578 g/mol. The Balaban J connectivity index is 1.26. The minimum Gasteiger partial charge on any atom is -0.460 e. The first-order valence-electron chi connectivity index (χ1n) is 13.1. The molecule has 1 saturated carbocycles. The number of nitrogens with one attached hydrogen (secondary N) is 1. The van der Waals surface area contributed by atoms with Crippen LogP contribution in [0.1, 0.15) is 43.9 Å². The second-order valence-electron chi connectivity index (χ2n) is 10.6. The summed E-state index contributed by atoms with van der Waals surface area (Å²) >= 11 is 12.5. The number of hydrogen-bond donors (Lipinski definition) is 1. The van der Waals surface area contributed by atoms with E-state index in [9.17, 15) is 9.59 Å². The highest BCUT2D eigenvalue weighted by Crippen LogP contribution is 2.58. The van der Waals surface area contributed by atoms with Gasteiger partial charge in [-0.1, -0.05) is 67.4 Å². The van der Waals surface area contributed by atoms with Gasteiger partial charge in [-0.25, -0.2) is 4.68 Å². The number of benzene rings is 2. The highest BCUT2D eigenvalue weighted by atomic mass is 35.5. The molecule has 7 nitrogen and oxygen atoms in total. The molecule has 206 valence electrons. The van der Waals surface area contributed by atoms with Crippen molar-refractivity contribution in [1.29, 1.82) is 0 Å². The molecule has 2 heterocycles. The molecular weight excluding hydrogens is 547 g/mol. The third-order valence-electron chi connectivity index (χ3n) is 7.77. The second-order valence-corrected chi connectivity index (χ2v) is 11.5. The van der Waals surface area contributed by atoms with Crippen LogP contribution in [0.2, 0.25) is 10.0 Å². The molecule has 2 aromatic heterocycles.